The minimum absolute atomic E-state index is 0.512. The van der Waals surface area contributed by atoms with Gasteiger partial charge in [-0.1, -0.05) is 152 Å². The second kappa shape index (κ2) is 14.3. The predicted octanol–water partition coefficient (Wildman–Crippen LogP) is 11.5. The van der Waals surface area contributed by atoms with Crippen molar-refractivity contribution in [2.45, 2.75) is 0 Å². The number of aromatic nitrogens is 6. The number of fused-ring (bicyclic) bond motifs is 3. The smallest absolute Gasteiger partial charge is 0.164 e. The normalized spacial score (nSPS) is 11.1. The van der Waals surface area contributed by atoms with Gasteiger partial charge in [-0.2, -0.15) is 5.26 Å². The molecule has 0 aliphatic carbocycles. The van der Waals surface area contributed by atoms with Crippen LogP contribution in [0.25, 0.3) is 101 Å². The van der Waals surface area contributed by atoms with Crippen LogP contribution in [-0.4, -0.2) is 29.9 Å². The number of furan rings is 1. The van der Waals surface area contributed by atoms with Gasteiger partial charge in [0.2, 0.25) is 0 Å². The molecule has 8 heteroatoms. The van der Waals surface area contributed by atoms with E-state index in [9.17, 15) is 5.26 Å². The van der Waals surface area contributed by atoms with Crippen LogP contribution in [0.3, 0.4) is 0 Å². The fourth-order valence-electron chi connectivity index (χ4n) is 7.06. The highest BCUT2D eigenvalue weighted by Gasteiger charge is 2.20. The van der Waals surface area contributed by atoms with Gasteiger partial charge in [0.25, 0.3) is 0 Å². The molecule has 10 rings (SSSR count). The van der Waals surface area contributed by atoms with Crippen LogP contribution in [0.1, 0.15) is 5.56 Å². The van der Waals surface area contributed by atoms with Crippen LogP contribution in [0.15, 0.2) is 180 Å². The van der Waals surface area contributed by atoms with E-state index in [0.717, 1.165) is 55.3 Å². The lowest BCUT2D eigenvalue weighted by Crippen LogP contribution is -2.00. The van der Waals surface area contributed by atoms with E-state index in [1.807, 2.05) is 176 Å². The Kier molecular flexibility index (Phi) is 8.36. The molecule has 0 spiro atoms. The van der Waals surface area contributed by atoms with Gasteiger partial charge in [0, 0.05) is 44.2 Å². The van der Waals surface area contributed by atoms with Crippen molar-refractivity contribution in [1.29, 1.82) is 5.26 Å². The molecule has 8 nitrogen and oxygen atoms in total. The molecule has 0 radical (unpaired) electrons. The molecule has 0 saturated heterocycles. The van der Waals surface area contributed by atoms with Crippen molar-refractivity contribution < 1.29 is 4.42 Å². The number of rotatable bonds is 7. The first-order valence-corrected chi connectivity index (χ1v) is 18.4. The van der Waals surface area contributed by atoms with E-state index in [1.54, 1.807) is 0 Å². The van der Waals surface area contributed by atoms with Crippen LogP contribution in [0.5, 0.6) is 0 Å². The van der Waals surface area contributed by atoms with Crippen LogP contribution in [0.2, 0.25) is 0 Å². The van der Waals surface area contributed by atoms with Crippen molar-refractivity contribution in [2.24, 2.45) is 0 Å². The first kappa shape index (κ1) is 33.4. The van der Waals surface area contributed by atoms with Crippen molar-refractivity contribution in [3.63, 3.8) is 0 Å². The Hall–Kier alpha value is -8.15. The van der Waals surface area contributed by atoms with Crippen molar-refractivity contribution in [3.8, 4) is 85.5 Å². The average Bonchev–Trinajstić information content (AvgIpc) is 3.68. The summed E-state index contributed by atoms with van der Waals surface area (Å²) in [4.78, 5) is 29.8. The Morgan fingerprint density at radius 1 is 0.351 bits per heavy atom. The van der Waals surface area contributed by atoms with Crippen molar-refractivity contribution >= 4 is 21.9 Å². The fourth-order valence-corrected chi connectivity index (χ4v) is 7.06. The van der Waals surface area contributed by atoms with Gasteiger partial charge >= 0.3 is 0 Å². The number of benzene rings is 7. The molecule has 0 N–H and O–H groups in total. The van der Waals surface area contributed by atoms with Gasteiger partial charge in [-0.05, 0) is 35.4 Å². The van der Waals surface area contributed by atoms with Gasteiger partial charge < -0.3 is 4.42 Å². The summed E-state index contributed by atoms with van der Waals surface area (Å²) in [6, 6.07) is 59.6. The van der Waals surface area contributed by atoms with Crippen LogP contribution >= 0.6 is 0 Å². The maximum atomic E-state index is 9.67. The summed E-state index contributed by atoms with van der Waals surface area (Å²) < 4.78 is 6.55. The van der Waals surface area contributed by atoms with E-state index >= 15 is 0 Å². The molecule has 0 saturated carbocycles. The molecule has 0 amide bonds. The third kappa shape index (κ3) is 6.35. The van der Waals surface area contributed by atoms with E-state index in [1.165, 1.54) is 0 Å². The van der Waals surface area contributed by atoms with Gasteiger partial charge in [0.15, 0.2) is 34.9 Å². The van der Waals surface area contributed by atoms with E-state index in [0.29, 0.717) is 51.7 Å². The third-order valence-corrected chi connectivity index (χ3v) is 9.86. The molecule has 3 heterocycles. The number of nitrogens with zero attached hydrogens (tertiary/aromatic N) is 7. The molecule has 0 aliphatic heterocycles. The maximum absolute atomic E-state index is 9.67. The quantitative estimate of drug-likeness (QED) is 0.159. The predicted molar refractivity (Wildman–Crippen MR) is 223 cm³/mol. The maximum Gasteiger partial charge on any atom is 0.164 e. The lowest BCUT2D eigenvalue weighted by Gasteiger charge is -2.10. The Morgan fingerprint density at radius 2 is 0.789 bits per heavy atom. The second-order valence-electron chi connectivity index (χ2n) is 13.4. The molecule has 0 bridgehead atoms. The summed E-state index contributed by atoms with van der Waals surface area (Å²) in [5, 5.41) is 11.5. The Bertz CT molecular complexity index is 3060. The minimum atomic E-state index is 0.512. The highest BCUT2D eigenvalue weighted by atomic mass is 16.3. The zero-order valence-corrected chi connectivity index (χ0v) is 30.3. The van der Waals surface area contributed by atoms with Gasteiger partial charge in [-0.25, -0.2) is 29.9 Å². The molecule has 7 aromatic carbocycles. The van der Waals surface area contributed by atoms with Crippen LogP contribution in [0, 0.1) is 11.3 Å². The second-order valence-corrected chi connectivity index (χ2v) is 13.4. The first-order chi connectivity index (χ1) is 28.2. The van der Waals surface area contributed by atoms with Gasteiger partial charge in [0.05, 0.1) is 11.6 Å². The molecule has 0 unspecified atom stereocenters. The summed E-state index contributed by atoms with van der Waals surface area (Å²) in [7, 11) is 0. The largest absolute Gasteiger partial charge is 0.456 e. The summed E-state index contributed by atoms with van der Waals surface area (Å²) in [5.74, 6) is 3.33. The number of nitriles is 1. The number of hydrogen-bond acceptors (Lipinski definition) is 8. The Morgan fingerprint density at radius 3 is 1.35 bits per heavy atom. The number of hydrogen-bond donors (Lipinski definition) is 0. The zero-order chi connectivity index (χ0) is 38.1. The lowest BCUT2D eigenvalue weighted by atomic mass is 9.99. The molecule has 0 fully saturated rings. The first-order valence-electron chi connectivity index (χ1n) is 18.4. The molecule has 0 atom stereocenters. The monoisotopic (exact) mass is 731 g/mol. The molecule has 0 aliphatic rings. The van der Waals surface area contributed by atoms with Gasteiger partial charge in [0.1, 0.15) is 11.2 Å². The van der Waals surface area contributed by atoms with Crippen molar-refractivity contribution in [2.75, 3.05) is 0 Å². The standard InChI is InChI=1S/C49H29N7O/c50-30-37-19-10-11-20-38(37)31-23-25-35(26-24-31)47-51-44(32-13-4-1-5-14-32)53-48(54-47)36-27-28-39-42(29-36)57-41-22-12-21-40(43(39)41)49-55-45(33-15-6-2-7-16-33)52-46(56-49)34-17-8-3-9-18-34/h1-29H. The summed E-state index contributed by atoms with van der Waals surface area (Å²) in [6.07, 6.45) is 0. The summed E-state index contributed by atoms with van der Waals surface area (Å²) in [6.45, 7) is 0. The minimum Gasteiger partial charge on any atom is -0.456 e. The lowest BCUT2D eigenvalue weighted by molar-refractivity contribution is 0.669. The molecular formula is C49H29N7O. The highest BCUT2D eigenvalue weighted by molar-refractivity contribution is 6.12. The van der Waals surface area contributed by atoms with Crippen LogP contribution in [-0.2, 0) is 0 Å². The summed E-state index contributed by atoms with van der Waals surface area (Å²) >= 11 is 0. The third-order valence-electron chi connectivity index (χ3n) is 9.86. The topological polar surface area (TPSA) is 114 Å². The van der Waals surface area contributed by atoms with Crippen LogP contribution < -0.4 is 0 Å². The molecular weight excluding hydrogens is 703 g/mol. The van der Waals surface area contributed by atoms with Gasteiger partial charge in [-0.15, -0.1) is 0 Å². The fraction of sp³-hybridized carbons (Fsp3) is 0. The van der Waals surface area contributed by atoms with E-state index in [4.69, 9.17) is 34.3 Å². The molecule has 10 aromatic rings. The molecule has 3 aromatic heterocycles. The van der Waals surface area contributed by atoms with Crippen LogP contribution in [0.4, 0.5) is 0 Å². The molecule has 57 heavy (non-hydrogen) atoms. The zero-order valence-electron chi connectivity index (χ0n) is 30.3. The van der Waals surface area contributed by atoms with Crippen molar-refractivity contribution in [1.82, 2.24) is 29.9 Å². The average molecular weight is 732 g/mol. The van der Waals surface area contributed by atoms with E-state index in [2.05, 4.69) is 6.07 Å². The highest BCUT2D eigenvalue weighted by Crippen LogP contribution is 2.38. The Labute approximate surface area is 327 Å². The van der Waals surface area contributed by atoms with E-state index in [-0.39, 0.29) is 0 Å². The SMILES string of the molecule is N#Cc1ccccc1-c1ccc(-c2nc(-c3ccccc3)nc(-c3ccc4c(c3)oc3cccc(-c5nc(-c6ccccc6)nc(-c6ccccc6)n5)c34)n2)cc1. The Balaban J connectivity index is 1.09. The summed E-state index contributed by atoms with van der Waals surface area (Å²) in [5.41, 5.74) is 8.94. The van der Waals surface area contributed by atoms with Gasteiger partial charge in [-0.3, -0.25) is 0 Å². The molecule has 266 valence electrons. The van der Waals surface area contributed by atoms with Crippen molar-refractivity contribution in [3.05, 3.63) is 181 Å². The van der Waals surface area contributed by atoms with E-state index < -0.39 is 0 Å².